The molecule has 0 radical (unpaired) electrons. The molecule has 1 amide bonds. The highest BCUT2D eigenvalue weighted by atomic mass is 16.2. The van der Waals surface area contributed by atoms with Crippen LogP contribution in [0.2, 0.25) is 0 Å². The van der Waals surface area contributed by atoms with Crippen LogP contribution in [0.4, 0.5) is 11.4 Å². The number of amidine groups is 1. The largest absolute Gasteiger partial charge is 0.383 e. The predicted octanol–water partition coefficient (Wildman–Crippen LogP) is 4.48. The monoisotopic (exact) mass is 476 g/mol. The average molecular weight is 477 g/mol. The molecular weight excluding hydrogens is 440 g/mol. The number of amides is 1. The Balaban J connectivity index is 1.90. The van der Waals surface area contributed by atoms with Gasteiger partial charge in [-0.2, -0.15) is 5.26 Å². The molecular formula is C27H36N6O2. The van der Waals surface area contributed by atoms with E-state index in [1.165, 1.54) is 0 Å². The van der Waals surface area contributed by atoms with Crippen LogP contribution in [0, 0.1) is 24.2 Å². The molecule has 1 aromatic heterocycles. The van der Waals surface area contributed by atoms with Gasteiger partial charge in [-0.25, -0.2) is 4.99 Å². The van der Waals surface area contributed by atoms with Gasteiger partial charge in [-0.15, -0.1) is 0 Å². The fourth-order valence-corrected chi connectivity index (χ4v) is 4.56. The summed E-state index contributed by atoms with van der Waals surface area (Å²) < 4.78 is 0. The number of H-pyrrole nitrogens is 1. The molecule has 1 aliphatic rings. The minimum absolute atomic E-state index is 0.0376. The van der Waals surface area contributed by atoms with Crippen LogP contribution in [0.3, 0.4) is 0 Å². The number of carbonyl (C=O) groups is 1. The summed E-state index contributed by atoms with van der Waals surface area (Å²) in [6.45, 7) is 7.57. The van der Waals surface area contributed by atoms with Gasteiger partial charge in [-0.3, -0.25) is 9.59 Å². The van der Waals surface area contributed by atoms with Crippen molar-refractivity contribution in [1.29, 1.82) is 5.26 Å². The van der Waals surface area contributed by atoms with Gasteiger partial charge in [-0.1, -0.05) is 26.7 Å². The number of aryl methyl sites for hydroxylation is 1. The standard InChI is InChI=1S/C27H36N6O2/c1-4-6-9-22(19(5-2)17-28)32-23-12-13-30-26(34)24(23)25(29)31-20-10-11-21(18(3)16-20)27(35)33-14-7-8-15-33/h10-13,16,19,22H,4-9,14-15H2,1-3H3,(H2,29,31)(H2,30,32,34)/t19?,22-/m0/s1. The number of aromatic nitrogens is 1. The lowest BCUT2D eigenvalue weighted by molar-refractivity contribution is 0.0792. The Kier molecular flexibility index (Phi) is 9.07. The SMILES string of the molecule is CCCC[C@H](Nc1cc[nH]c(=O)c1C(N)=Nc1ccc(C(=O)N2CCCC2)c(C)c1)C(C#N)CC. The summed E-state index contributed by atoms with van der Waals surface area (Å²) in [5.74, 6) is -0.0719. The summed E-state index contributed by atoms with van der Waals surface area (Å²) in [5, 5.41) is 13.0. The normalized spacial score (nSPS) is 15.5. The number of hydrogen-bond donors (Lipinski definition) is 3. The highest BCUT2D eigenvalue weighted by molar-refractivity contribution is 6.03. The summed E-state index contributed by atoms with van der Waals surface area (Å²) in [6, 6.07) is 9.38. The number of anilines is 1. The van der Waals surface area contributed by atoms with Crippen molar-refractivity contribution in [3.63, 3.8) is 0 Å². The molecule has 4 N–H and O–H groups in total. The van der Waals surface area contributed by atoms with Gasteiger partial charge in [0.1, 0.15) is 11.4 Å². The van der Waals surface area contributed by atoms with Crippen molar-refractivity contribution >= 4 is 23.1 Å². The van der Waals surface area contributed by atoms with E-state index in [2.05, 4.69) is 28.3 Å². The maximum absolute atomic E-state index is 12.8. The number of aliphatic imine (C=N–C) groups is 1. The number of nitriles is 1. The van der Waals surface area contributed by atoms with E-state index in [1.807, 2.05) is 24.8 Å². The van der Waals surface area contributed by atoms with E-state index in [-0.39, 0.29) is 34.8 Å². The molecule has 0 saturated carbocycles. The molecule has 1 aromatic carbocycles. The van der Waals surface area contributed by atoms with Crippen LogP contribution in [-0.4, -0.2) is 40.8 Å². The van der Waals surface area contributed by atoms with Gasteiger partial charge in [-0.05, 0) is 62.4 Å². The van der Waals surface area contributed by atoms with E-state index in [4.69, 9.17) is 5.73 Å². The van der Waals surface area contributed by atoms with E-state index in [0.717, 1.165) is 50.8 Å². The van der Waals surface area contributed by atoms with Crippen molar-refractivity contribution < 1.29 is 4.79 Å². The van der Waals surface area contributed by atoms with Gasteiger partial charge in [0.25, 0.3) is 11.5 Å². The third-order valence-corrected chi connectivity index (χ3v) is 6.60. The average Bonchev–Trinajstić information content (AvgIpc) is 3.38. The maximum atomic E-state index is 12.8. The first-order valence-electron chi connectivity index (χ1n) is 12.5. The van der Waals surface area contributed by atoms with Crippen LogP contribution in [0.25, 0.3) is 0 Å². The number of carbonyl (C=O) groups excluding carboxylic acids is 1. The number of aromatic amines is 1. The first kappa shape index (κ1) is 26.0. The zero-order chi connectivity index (χ0) is 25.4. The number of benzene rings is 1. The summed E-state index contributed by atoms with van der Waals surface area (Å²) >= 11 is 0. The molecule has 0 spiro atoms. The minimum atomic E-state index is -0.354. The lowest BCUT2D eigenvalue weighted by Gasteiger charge is -2.24. The lowest BCUT2D eigenvalue weighted by atomic mass is 9.93. The van der Waals surface area contributed by atoms with Crippen molar-refractivity contribution in [2.24, 2.45) is 16.6 Å². The Morgan fingerprint density at radius 1 is 1.29 bits per heavy atom. The smallest absolute Gasteiger partial charge is 0.261 e. The van der Waals surface area contributed by atoms with Crippen LogP contribution in [0.15, 0.2) is 40.2 Å². The van der Waals surface area contributed by atoms with Gasteiger partial charge < -0.3 is 20.9 Å². The molecule has 1 saturated heterocycles. The van der Waals surface area contributed by atoms with Crippen LogP contribution in [0.5, 0.6) is 0 Å². The Bertz CT molecular complexity index is 1160. The number of nitrogens with two attached hydrogens (primary N) is 1. The zero-order valence-corrected chi connectivity index (χ0v) is 20.9. The molecule has 2 aromatic rings. The third-order valence-electron chi connectivity index (χ3n) is 6.60. The molecule has 0 bridgehead atoms. The lowest BCUT2D eigenvalue weighted by Crippen LogP contribution is -2.32. The molecule has 8 nitrogen and oxygen atoms in total. The highest BCUT2D eigenvalue weighted by Gasteiger charge is 2.23. The molecule has 3 rings (SSSR count). The van der Waals surface area contributed by atoms with E-state index in [9.17, 15) is 14.9 Å². The second kappa shape index (κ2) is 12.2. The van der Waals surface area contributed by atoms with E-state index < -0.39 is 0 Å². The second-order valence-electron chi connectivity index (χ2n) is 9.13. The van der Waals surface area contributed by atoms with Crippen LogP contribution in [-0.2, 0) is 0 Å². The van der Waals surface area contributed by atoms with Crippen molar-refractivity contribution in [3.8, 4) is 6.07 Å². The van der Waals surface area contributed by atoms with Gasteiger partial charge in [0.2, 0.25) is 0 Å². The summed E-state index contributed by atoms with van der Waals surface area (Å²) in [4.78, 5) is 34.6. The minimum Gasteiger partial charge on any atom is -0.383 e. The van der Waals surface area contributed by atoms with Gasteiger partial charge in [0, 0.05) is 30.9 Å². The zero-order valence-electron chi connectivity index (χ0n) is 20.9. The first-order chi connectivity index (χ1) is 16.9. The Morgan fingerprint density at radius 3 is 2.66 bits per heavy atom. The van der Waals surface area contributed by atoms with Crippen LogP contribution >= 0.6 is 0 Å². The predicted molar refractivity (Wildman–Crippen MR) is 140 cm³/mol. The van der Waals surface area contributed by atoms with Crippen molar-refractivity contribution in [2.75, 3.05) is 18.4 Å². The Hall–Kier alpha value is -3.60. The number of unbranched alkanes of at least 4 members (excludes halogenated alkanes) is 1. The molecule has 35 heavy (non-hydrogen) atoms. The summed E-state index contributed by atoms with van der Waals surface area (Å²) in [7, 11) is 0. The van der Waals surface area contributed by atoms with E-state index in [1.54, 1.807) is 24.4 Å². The first-order valence-corrected chi connectivity index (χ1v) is 12.5. The van der Waals surface area contributed by atoms with Crippen LogP contribution in [0.1, 0.15) is 73.9 Å². The number of rotatable bonds is 10. The molecule has 2 atom stereocenters. The Labute approximate surface area is 207 Å². The second-order valence-corrected chi connectivity index (χ2v) is 9.13. The maximum Gasteiger partial charge on any atom is 0.261 e. The third kappa shape index (κ3) is 6.30. The molecule has 2 heterocycles. The number of nitrogens with zero attached hydrogens (tertiary/aromatic N) is 3. The number of pyridine rings is 1. The molecule has 1 fully saturated rings. The topological polar surface area (TPSA) is 127 Å². The number of hydrogen-bond acceptors (Lipinski definition) is 5. The number of nitrogens with one attached hydrogen (secondary N) is 2. The molecule has 1 aliphatic heterocycles. The number of likely N-dealkylation sites (tertiary alicyclic amines) is 1. The van der Waals surface area contributed by atoms with Gasteiger partial charge >= 0.3 is 0 Å². The fraction of sp³-hybridized carbons (Fsp3) is 0.481. The van der Waals surface area contributed by atoms with Crippen molar-refractivity contribution in [2.45, 2.75) is 65.3 Å². The molecule has 8 heteroatoms. The van der Waals surface area contributed by atoms with Gasteiger partial charge in [0.15, 0.2) is 0 Å². The fourth-order valence-electron chi connectivity index (χ4n) is 4.56. The summed E-state index contributed by atoms with van der Waals surface area (Å²) in [5.41, 5.74) is 8.83. The van der Waals surface area contributed by atoms with Crippen LogP contribution < -0.4 is 16.6 Å². The van der Waals surface area contributed by atoms with Crippen molar-refractivity contribution in [1.82, 2.24) is 9.88 Å². The molecule has 1 unspecified atom stereocenters. The molecule has 0 aliphatic carbocycles. The highest BCUT2D eigenvalue weighted by Crippen LogP contribution is 2.24. The van der Waals surface area contributed by atoms with E-state index in [0.29, 0.717) is 23.4 Å². The summed E-state index contributed by atoms with van der Waals surface area (Å²) in [6.07, 6.45) is 7.16. The Morgan fingerprint density at radius 2 is 2.03 bits per heavy atom. The quantitative estimate of drug-likeness (QED) is 0.344. The van der Waals surface area contributed by atoms with E-state index >= 15 is 0 Å². The molecule has 186 valence electrons. The van der Waals surface area contributed by atoms with Crippen molar-refractivity contribution in [3.05, 3.63) is 57.5 Å². The van der Waals surface area contributed by atoms with Gasteiger partial charge in [0.05, 0.1) is 23.4 Å².